The van der Waals surface area contributed by atoms with E-state index >= 15 is 0 Å². The molecule has 2 aliphatic rings. The summed E-state index contributed by atoms with van der Waals surface area (Å²) in [6, 6.07) is 1.36. The van der Waals surface area contributed by atoms with Gasteiger partial charge in [0.05, 0.1) is 45.7 Å². The van der Waals surface area contributed by atoms with E-state index in [0.29, 0.717) is 23.7 Å². The summed E-state index contributed by atoms with van der Waals surface area (Å²) in [5.41, 5.74) is 0.602. The molecule has 144 valence electrons. The molecule has 0 spiro atoms. The molecule has 3 heterocycles. The lowest BCUT2D eigenvalue weighted by molar-refractivity contribution is -0.138. The van der Waals surface area contributed by atoms with E-state index in [1.54, 1.807) is 9.58 Å². The molecule has 1 unspecified atom stereocenters. The minimum atomic E-state index is -3.06. The summed E-state index contributed by atoms with van der Waals surface area (Å²) >= 11 is 0. The van der Waals surface area contributed by atoms with Crippen molar-refractivity contribution in [3.05, 3.63) is 29.9 Å². The topological polar surface area (TPSA) is 120 Å². The Hall–Kier alpha value is -2.53. The van der Waals surface area contributed by atoms with E-state index in [1.807, 2.05) is 0 Å². The van der Waals surface area contributed by atoms with Crippen molar-refractivity contribution < 1.29 is 23.1 Å². The fourth-order valence-corrected chi connectivity index (χ4v) is 4.20. The Kier molecular flexibility index (Phi) is 4.56. The van der Waals surface area contributed by atoms with E-state index < -0.39 is 15.6 Å². The van der Waals surface area contributed by atoms with E-state index in [-0.39, 0.29) is 30.9 Å². The third-order valence-electron chi connectivity index (χ3n) is 4.47. The third-order valence-corrected chi connectivity index (χ3v) is 6.15. The highest BCUT2D eigenvalue weighted by molar-refractivity contribution is 7.93. The fraction of sp³-hybridized carbons (Fsp3) is 0.500. The SMILES string of the molecule is CS(=O)(=NC(=O)c1ccon1)c1cnn2c1CN(C(=O)COC1CC1)CC2. The highest BCUT2D eigenvalue weighted by Gasteiger charge is 2.29. The maximum absolute atomic E-state index is 13.1. The van der Waals surface area contributed by atoms with Crippen LogP contribution in [0.25, 0.3) is 0 Å². The van der Waals surface area contributed by atoms with Crippen molar-refractivity contribution in [2.24, 2.45) is 4.36 Å². The van der Waals surface area contributed by atoms with Crippen molar-refractivity contribution in [1.82, 2.24) is 19.8 Å². The van der Waals surface area contributed by atoms with Gasteiger partial charge in [0, 0.05) is 18.9 Å². The van der Waals surface area contributed by atoms with E-state index in [1.165, 1.54) is 24.8 Å². The summed E-state index contributed by atoms with van der Waals surface area (Å²) in [5, 5.41) is 7.75. The van der Waals surface area contributed by atoms with Gasteiger partial charge in [0.2, 0.25) is 5.91 Å². The Morgan fingerprint density at radius 2 is 2.22 bits per heavy atom. The van der Waals surface area contributed by atoms with Crippen molar-refractivity contribution in [2.45, 2.75) is 36.9 Å². The summed E-state index contributed by atoms with van der Waals surface area (Å²) < 4.78 is 28.7. The minimum Gasteiger partial charge on any atom is -0.368 e. The number of fused-ring (bicyclic) bond motifs is 1. The second-order valence-electron chi connectivity index (χ2n) is 6.59. The lowest BCUT2D eigenvalue weighted by atomic mass is 10.3. The molecular formula is C16H19N5O5S. The van der Waals surface area contributed by atoms with E-state index in [9.17, 15) is 13.8 Å². The number of rotatable bonds is 5. The average molecular weight is 393 g/mol. The summed E-state index contributed by atoms with van der Waals surface area (Å²) in [6.07, 6.45) is 6.28. The molecule has 0 saturated heterocycles. The number of hydrogen-bond donors (Lipinski definition) is 0. The van der Waals surface area contributed by atoms with Crippen LogP contribution in [-0.2, 0) is 32.3 Å². The smallest absolute Gasteiger partial charge is 0.307 e. The van der Waals surface area contributed by atoms with E-state index in [0.717, 1.165) is 12.8 Å². The lowest BCUT2D eigenvalue weighted by Crippen LogP contribution is -2.40. The van der Waals surface area contributed by atoms with Crippen LogP contribution in [0.3, 0.4) is 0 Å². The van der Waals surface area contributed by atoms with Gasteiger partial charge in [-0.1, -0.05) is 5.16 Å². The molecule has 0 bridgehead atoms. The maximum atomic E-state index is 13.1. The van der Waals surface area contributed by atoms with Gasteiger partial charge in [-0.15, -0.1) is 0 Å². The lowest BCUT2D eigenvalue weighted by Gasteiger charge is -2.28. The van der Waals surface area contributed by atoms with Crippen molar-refractivity contribution in [1.29, 1.82) is 0 Å². The summed E-state index contributed by atoms with van der Waals surface area (Å²) in [4.78, 5) is 26.5. The quantitative estimate of drug-likeness (QED) is 0.733. The molecule has 2 aromatic heterocycles. The number of carbonyl (C=O) groups excluding carboxylic acids is 2. The summed E-state index contributed by atoms with van der Waals surface area (Å²) in [7, 11) is -3.06. The fourth-order valence-electron chi connectivity index (χ4n) is 2.84. The predicted molar refractivity (Wildman–Crippen MR) is 92.2 cm³/mol. The molecule has 27 heavy (non-hydrogen) atoms. The molecule has 0 N–H and O–H groups in total. The highest BCUT2D eigenvalue weighted by atomic mass is 32.2. The Balaban J connectivity index is 1.55. The molecule has 1 aliphatic carbocycles. The van der Waals surface area contributed by atoms with Crippen LogP contribution in [0.2, 0.25) is 0 Å². The zero-order chi connectivity index (χ0) is 19.0. The van der Waals surface area contributed by atoms with Gasteiger partial charge in [0.15, 0.2) is 5.69 Å². The van der Waals surface area contributed by atoms with E-state index in [4.69, 9.17) is 4.74 Å². The maximum Gasteiger partial charge on any atom is 0.307 e. The Morgan fingerprint density at radius 1 is 1.41 bits per heavy atom. The van der Waals surface area contributed by atoms with Crippen LogP contribution in [0.4, 0.5) is 0 Å². The number of carbonyl (C=O) groups is 2. The molecule has 4 rings (SSSR count). The first-order chi connectivity index (χ1) is 12.9. The van der Waals surface area contributed by atoms with Gasteiger partial charge >= 0.3 is 5.91 Å². The molecule has 1 fully saturated rings. The molecule has 2 amide bonds. The van der Waals surface area contributed by atoms with Crippen LogP contribution in [-0.4, -0.2) is 61.4 Å². The molecule has 1 aliphatic heterocycles. The molecular weight excluding hydrogens is 374 g/mol. The monoisotopic (exact) mass is 393 g/mol. The second-order valence-corrected chi connectivity index (χ2v) is 8.82. The van der Waals surface area contributed by atoms with Crippen LogP contribution in [0.15, 0.2) is 32.3 Å². The van der Waals surface area contributed by atoms with Crippen LogP contribution in [0, 0.1) is 0 Å². The van der Waals surface area contributed by atoms with Crippen LogP contribution in [0.5, 0.6) is 0 Å². The molecule has 0 radical (unpaired) electrons. The molecule has 11 heteroatoms. The predicted octanol–water partition coefficient (Wildman–Crippen LogP) is 0.689. The van der Waals surface area contributed by atoms with E-state index in [2.05, 4.69) is 19.1 Å². The van der Waals surface area contributed by atoms with Crippen molar-refractivity contribution in [2.75, 3.05) is 19.4 Å². The second kappa shape index (κ2) is 6.89. The number of ether oxygens (including phenoxy) is 1. The van der Waals surface area contributed by atoms with Gasteiger partial charge in [0.1, 0.15) is 12.9 Å². The number of hydrogen-bond acceptors (Lipinski definition) is 7. The Morgan fingerprint density at radius 3 is 2.93 bits per heavy atom. The van der Waals surface area contributed by atoms with Crippen molar-refractivity contribution >= 4 is 21.5 Å². The Bertz CT molecular complexity index is 985. The Labute approximate surface area is 155 Å². The normalized spacial score (nSPS) is 18.6. The molecule has 0 aromatic carbocycles. The van der Waals surface area contributed by atoms with Gasteiger partial charge < -0.3 is 14.2 Å². The number of aromatic nitrogens is 3. The highest BCUT2D eigenvalue weighted by Crippen LogP contribution is 2.25. The third kappa shape index (κ3) is 3.78. The van der Waals surface area contributed by atoms with Gasteiger partial charge in [-0.3, -0.25) is 14.3 Å². The average Bonchev–Trinajstić information content (AvgIpc) is 3.12. The largest absolute Gasteiger partial charge is 0.368 e. The molecule has 2 aromatic rings. The number of nitrogens with zero attached hydrogens (tertiary/aromatic N) is 5. The zero-order valence-electron chi connectivity index (χ0n) is 14.7. The molecule has 1 saturated carbocycles. The first-order valence-electron chi connectivity index (χ1n) is 8.55. The molecule has 1 atom stereocenters. The van der Waals surface area contributed by atoms with Crippen molar-refractivity contribution in [3.63, 3.8) is 0 Å². The standard InChI is InChI=1S/C16H19N5O5S/c1-27(24,19-16(23)12-4-7-26-18-12)14-8-17-21-6-5-20(9-13(14)21)15(22)10-25-11-2-3-11/h4,7-8,11H,2-3,5-6,9-10H2,1H3. The number of amides is 2. The first kappa shape index (κ1) is 17.9. The van der Waals surface area contributed by atoms with Crippen LogP contribution < -0.4 is 0 Å². The van der Waals surface area contributed by atoms with Gasteiger partial charge in [-0.2, -0.15) is 9.46 Å². The van der Waals surface area contributed by atoms with Gasteiger partial charge in [0.25, 0.3) is 0 Å². The van der Waals surface area contributed by atoms with Gasteiger partial charge in [-0.05, 0) is 12.8 Å². The van der Waals surface area contributed by atoms with Gasteiger partial charge in [-0.25, -0.2) is 4.21 Å². The summed E-state index contributed by atoms with van der Waals surface area (Å²) in [5.74, 6) is -0.837. The summed E-state index contributed by atoms with van der Waals surface area (Å²) in [6.45, 7) is 1.28. The minimum absolute atomic E-state index is 0.0142. The first-order valence-corrected chi connectivity index (χ1v) is 10.5. The molecule has 10 nitrogen and oxygen atoms in total. The zero-order valence-corrected chi connectivity index (χ0v) is 15.6. The van der Waals surface area contributed by atoms with Crippen LogP contribution >= 0.6 is 0 Å². The van der Waals surface area contributed by atoms with Crippen molar-refractivity contribution in [3.8, 4) is 0 Å². The van der Waals surface area contributed by atoms with Crippen LogP contribution in [0.1, 0.15) is 29.0 Å².